The van der Waals surface area contributed by atoms with Crippen molar-refractivity contribution < 1.29 is 0 Å². The molecule has 2 aromatic rings. The van der Waals surface area contributed by atoms with Crippen molar-refractivity contribution in [3.63, 3.8) is 0 Å². The van der Waals surface area contributed by atoms with Crippen molar-refractivity contribution in [3.8, 4) is 0 Å². The van der Waals surface area contributed by atoms with Crippen LogP contribution in [0, 0.1) is 12.8 Å². The van der Waals surface area contributed by atoms with Crippen LogP contribution < -0.4 is 5.73 Å². The smallest absolute Gasteiger partial charge is 0.114 e. The predicted molar refractivity (Wildman–Crippen MR) is 76.7 cm³/mol. The molecule has 0 saturated carbocycles. The Morgan fingerprint density at radius 2 is 2.06 bits per heavy atom. The highest BCUT2D eigenvalue weighted by molar-refractivity contribution is 5.79. The Balaban J connectivity index is 2.50. The van der Waals surface area contributed by atoms with Crippen LogP contribution in [0.2, 0.25) is 0 Å². The third-order valence-corrected chi connectivity index (χ3v) is 3.54. The quantitative estimate of drug-likeness (QED) is 0.900. The van der Waals surface area contributed by atoms with Gasteiger partial charge in [-0.15, -0.1) is 0 Å². The Morgan fingerprint density at radius 3 is 2.61 bits per heavy atom. The van der Waals surface area contributed by atoms with Crippen LogP contribution in [0.15, 0.2) is 18.2 Å². The molecule has 0 radical (unpaired) electrons. The molecule has 3 nitrogen and oxygen atoms in total. The first-order chi connectivity index (χ1) is 8.54. The summed E-state index contributed by atoms with van der Waals surface area (Å²) in [6.07, 6.45) is 1.09. The summed E-state index contributed by atoms with van der Waals surface area (Å²) >= 11 is 0. The molecule has 1 heterocycles. The number of aryl methyl sites for hydroxylation is 2. The molecule has 18 heavy (non-hydrogen) atoms. The van der Waals surface area contributed by atoms with Gasteiger partial charge in [0.25, 0.3) is 0 Å². The van der Waals surface area contributed by atoms with E-state index in [4.69, 9.17) is 10.7 Å². The monoisotopic (exact) mass is 245 g/mol. The number of rotatable bonds is 4. The maximum atomic E-state index is 5.93. The van der Waals surface area contributed by atoms with E-state index in [0.29, 0.717) is 18.4 Å². The first-order valence-corrected chi connectivity index (χ1v) is 6.66. The summed E-state index contributed by atoms with van der Waals surface area (Å²) in [5.41, 5.74) is 9.51. The lowest BCUT2D eigenvalue weighted by Gasteiger charge is -2.16. The normalized spacial score (nSPS) is 13.4. The number of nitrogens with two attached hydrogens (primary N) is 1. The average Bonchev–Trinajstić information content (AvgIpc) is 2.65. The van der Waals surface area contributed by atoms with E-state index in [1.54, 1.807) is 0 Å². The summed E-state index contributed by atoms with van der Waals surface area (Å²) in [6, 6.07) is 6.27. The molecular weight excluding hydrogens is 222 g/mol. The standard InChI is InChI=1S/C15H23N3/c1-10(2)8-12(9-16)15-17-13-7-5-6-11(3)14(13)18(15)4/h5-7,10,12H,8-9,16H2,1-4H3. The van der Waals surface area contributed by atoms with E-state index in [1.165, 1.54) is 11.1 Å². The van der Waals surface area contributed by atoms with Crippen LogP contribution in [0.5, 0.6) is 0 Å². The number of aromatic nitrogens is 2. The molecule has 1 unspecified atom stereocenters. The maximum Gasteiger partial charge on any atom is 0.114 e. The number of nitrogens with zero attached hydrogens (tertiary/aromatic N) is 2. The van der Waals surface area contributed by atoms with Crippen molar-refractivity contribution in [2.24, 2.45) is 18.7 Å². The molecule has 98 valence electrons. The van der Waals surface area contributed by atoms with Crippen LogP contribution in [-0.4, -0.2) is 16.1 Å². The lowest BCUT2D eigenvalue weighted by atomic mass is 9.96. The molecule has 0 bridgehead atoms. The minimum atomic E-state index is 0.349. The van der Waals surface area contributed by atoms with Crippen LogP contribution in [0.4, 0.5) is 0 Å². The molecule has 0 fully saturated rings. The zero-order valence-corrected chi connectivity index (χ0v) is 11.8. The fourth-order valence-electron chi connectivity index (χ4n) is 2.72. The number of benzene rings is 1. The summed E-state index contributed by atoms with van der Waals surface area (Å²) in [5.74, 6) is 2.11. The van der Waals surface area contributed by atoms with E-state index < -0.39 is 0 Å². The van der Waals surface area contributed by atoms with Crippen LogP contribution >= 0.6 is 0 Å². The van der Waals surface area contributed by atoms with Gasteiger partial charge in [0, 0.05) is 19.5 Å². The Kier molecular flexibility index (Phi) is 3.71. The van der Waals surface area contributed by atoms with Gasteiger partial charge in [0.15, 0.2) is 0 Å². The lowest BCUT2D eigenvalue weighted by Crippen LogP contribution is -2.18. The van der Waals surface area contributed by atoms with Crippen LogP contribution in [0.25, 0.3) is 11.0 Å². The van der Waals surface area contributed by atoms with Crippen molar-refractivity contribution in [2.75, 3.05) is 6.54 Å². The van der Waals surface area contributed by atoms with Gasteiger partial charge in [0.1, 0.15) is 5.82 Å². The van der Waals surface area contributed by atoms with Crippen LogP contribution in [0.3, 0.4) is 0 Å². The zero-order chi connectivity index (χ0) is 13.3. The highest BCUT2D eigenvalue weighted by Crippen LogP contribution is 2.26. The Morgan fingerprint density at radius 1 is 1.33 bits per heavy atom. The van der Waals surface area contributed by atoms with Gasteiger partial charge in [-0.1, -0.05) is 26.0 Å². The molecule has 1 aromatic heterocycles. The second kappa shape index (κ2) is 5.11. The fraction of sp³-hybridized carbons (Fsp3) is 0.533. The summed E-state index contributed by atoms with van der Waals surface area (Å²) in [5, 5.41) is 0. The maximum absolute atomic E-state index is 5.93. The van der Waals surface area contributed by atoms with Gasteiger partial charge in [-0.2, -0.15) is 0 Å². The Hall–Kier alpha value is -1.35. The van der Waals surface area contributed by atoms with Gasteiger partial charge in [0.2, 0.25) is 0 Å². The molecule has 3 heteroatoms. The van der Waals surface area contributed by atoms with E-state index in [0.717, 1.165) is 17.8 Å². The highest BCUT2D eigenvalue weighted by atomic mass is 15.1. The zero-order valence-electron chi connectivity index (χ0n) is 11.8. The van der Waals surface area contributed by atoms with Gasteiger partial charge in [-0.3, -0.25) is 0 Å². The van der Waals surface area contributed by atoms with Gasteiger partial charge < -0.3 is 10.3 Å². The van der Waals surface area contributed by atoms with Gasteiger partial charge in [0.05, 0.1) is 11.0 Å². The van der Waals surface area contributed by atoms with E-state index in [1.807, 2.05) is 0 Å². The Labute approximate surface area is 109 Å². The molecule has 1 aromatic carbocycles. The average molecular weight is 245 g/mol. The largest absolute Gasteiger partial charge is 0.331 e. The summed E-state index contributed by atoms with van der Waals surface area (Å²) < 4.78 is 2.21. The molecule has 2 rings (SSSR count). The van der Waals surface area contributed by atoms with E-state index in [2.05, 4.69) is 50.6 Å². The predicted octanol–water partition coefficient (Wildman–Crippen LogP) is 2.97. The van der Waals surface area contributed by atoms with Crippen molar-refractivity contribution in [2.45, 2.75) is 33.1 Å². The molecule has 0 amide bonds. The van der Waals surface area contributed by atoms with Crippen LogP contribution in [0.1, 0.15) is 37.6 Å². The molecule has 0 aliphatic rings. The summed E-state index contributed by atoms with van der Waals surface area (Å²) in [7, 11) is 2.10. The summed E-state index contributed by atoms with van der Waals surface area (Å²) in [6.45, 7) is 7.26. The third-order valence-electron chi connectivity index (χ3n) is 3.54. The first kappa shape index (κ1) is 13.1. The third kappa shape index (κ3) is 2.27. The topological polar surface area (TPSA) is 43.8 Å². The molecular formula is C15H23N3. The van der Waals surface area contributed by atoms with Crippen molar-refractivity contribution >= 4 is 11.0 Å². The number of fused-ring (bicyclic) bond motifs is 1. The van der Waals surface area contributed by atoms with Gasteiger partial charge in [-0.25, -0.2) is 4.98 Å². The Bertz CT molecular complexity index is 540. The van der Waals surface area contributed by atoms with Gasteiger partial charge in [-0.05, 0) is 30.9 Å². The van der Waals surface area contributed by atoms with E-state index >= 15 is 0 Å². The first-order valence-electron chi connectivity index (χ1n) is 6.66. The van der Waals surface area contributed by atoms with Crippen molar-refractivity contribution in [1.29, 1.82) is 0 Å². The minimum Gasteiger partial charge on any atom is -0.331 e. The van der Waals surface area contributed by atoms with Gasteiger partial charge >= 0.3 is 0 Å². The van der Waals surface area contributed by atoms with Crippen LogP contribution in [-0.2, 0) is 7.05 Å². The fourth-order valence-corrected chi connectivity index (χ4v) is 2.72. The molecule has 0 spiro atoms. The molecule has 0 aliphatic carbocycles. The molecule has 1 atom stereocenters. The van der Waals surface area contributed by atoms with Crippen molar-refractivity contribution in [3.05, 3.63) is 29.6 Å². The molecule has 0 saturated heterocycles. The molecule has 0 aliphatic heterocycles. The van der Waals surface area contributed by atoms with E-state index in [9.17, 15) is 0 Å². The number of hydrogen-bond acceptors (Lipinski definition) is 2. The SMILES string of the molecule is Cc1cccc2nc(C(CN)CC(C)C)n(C)c12. The minimum absolute atomic E-state index is 0.349. The summed E-state index contributed by atoms with van der Waals surface area (Å²) in [4.78, 5) is 4.78. The highest BCUT2D eigenvalue weighted by Gasteiger charge is 2.19. The van der Waals surface area contributed by atoms with E-state index in [-0.39, 0.29) is 0 Å². The lowest BCUT2D eigenvalue weighted by molar-refractivity contribution is 0.480. The second-order valence-corrected chi connectivity index (χ2v) is 5.53. The number of para-hydroxylation sites is 1. The van der Waals surface area contributed by atoms with Crippen molar-refractivity contribution in [1.82, 2.24) is 9.55 Å². The second-order valence-electron chi connectivity index (χ2n) is 5.53. The molecule has 2 N–H and O–H groups in total. The number of imidazole rings is 1. The number of hydrogen-bond donors (Lipinski definition) is 1.